The molecule has 0 bridgehead atoms. The van der Waals surface area contributed by atoms with E-state index in [9.17, 15) is 4.79 Å². The largest absolute Gasteiger partial charge is 0.460 e. The van der Waals surface area contributed by atoms with E-state index in [1.54, 1.807) is 25.1 Å². The van der Waals surface area contributed by atoms with Gasteiger partial charge in [0.1, 0.15) is 6.61 Å². The minimum Gasteiger partial charge on any atom is -0.460 e. The number of rotatable bonds is 5. The van der Waals surface area contributed by atoms with Crippen LogP contribution in [0.1, 0.15) is 18.5 Å². The molecule has 5 nitrogen and oxygen atoms in total. The van der Waals surface area contributed by atoms with Gasteiger partial charge in [0.15, 0.2) is 5.11 Å². The maximum absolute atomic E-state index is 12.4. The predicted octanol–water partition coefficient (Wildman–Crippen LogP) is 2.98. The van der Waals surface area contributed by atoms with Crippen LogP contribution in [-0.4, -0.2) is 31.4 Å². The van der Waals surface area contributed by atoms with Crippen LogP contribution >= 0.6 is 35.4 Å². The van der Waals surface area contributed by atoms with Crippen molar-refractivity contribution in [2.75, 3.05) is 20.3 Å². The number of ether oxygens (including phenoxy) is 2. The third kappa shape index (κ3) is 4.14. The minimum absolute atomic E-state index is 0.159. The molecule has 0 aliphatic carbocycles. The number of hydrogen-bond acceptors (Lipinski definition) is 4. The lowest BCUT2D eigenvalue weighted by Crippen LogP contribution is -2.45. The number of hydrogen-bond donors (Lipinski definition) is 2. The summed E-state index contributed by atoms with van der Waals surface area (Å²) in [5.41, 5.74) is 1.66. The summed E-state index contributed by atoms with van der Waals surface area (Å²) >= 11 is 17.5. The zero-order valence-corrected chi connectivity index (χ0v) is 14.9. The highest BCUT2D eigenvalue weighted by atomic mass is 35.5. The Bertz CT molecular complexity index is 664. The lowest BCUT2D eigenvalue weighted by molar-refractivity contribution is -0.140. The zero-order chi connectivity index (χ0) is 17.0. The molecule has 124 valence electrons. The maximum atomic E-state index is 12.4. The van der Waals surface area contributed by atoms with Gasteiger partial charge in [-0.1, -0.05) is 35.3 Å². The highest BCUT2D eigenvalue weighted by molar-refractivity contribution is 7.80. The summed E-state index contributed by atoms with van der Waals surface area (Å²) in [6.07, 6.45) is 0. The van der Waals surface area contributed by atoms with Crippen molar-refractivity contribution in [3.8, 4) is 0 Å². The van der Waals surface area contributed by atoms with Crippen molar-refractivity contribution in [2.24, 2.45) is 0 Å². The molecule has 0 aromatic heterocycles. The Labute approximate surface area is 149 Å². The van der Waals surface area contributed by atoms with Crippen LogP contribution in [0.3, 0.4) is 0 Å². The number of esters is 1. The molecular weight excluding hydrogens is 359 g/mol. The van der Waals surface area contributed by atoms with E-state index in [1.165, 1.54) is 7.11 Å². The second kappa shape index (κ2) is 7.97. The highest BCUT2D eigenvalue weighted by Gasteiger charge is 2.32. The number of nitrogens with one attached hydrogen (secondary N) is 2. The summed E-state index contributed by atoms with van der Waals surface area (Å²) in [5, 5.41) is 7.14. The van der Waals surface area contributed by atoms with E-state index in [0.29, 0.717) is 38.6 Å². The van der Waals surface area contributed by atoms with Gasteiger partial charge in [-0.2, -0.15) is 0 Å². The number of allylic oxidation sites excluding steroid dienone is 1. The smallest absolute Gasteiger partial charge is 0.338 e. The third-order valence-corrected chi connectivity index (χ3v) is 4.36. The molecule has 1 heterocycles. The molecular formula is C15H16Cl2N2O3S. The molecule has 8 heteroatoms. The average Bonchev–Trinajstić information content (AvgIpc) is 2.49. The van der Waals surface area contributed by atoms with Crippen LogP contribution in [0, 0.1) is 0 Å². The van der Waals surface area contributed by atoms with Gasteiger partial charge in [-0.15, -0.1) is 0 Å². The Kier molecular flexibility index (Phi) is 6.24. The van der Waals surface area contributed by atoms with Crippen LogP contribution in [0.2, 0.25) is 10.0 Å². The lowest BCUT2D eigenvalue weighted by atomic mass is 9.95. The summed E-state index contributed by atoms with van der Waals surface area (Å²) in [6.45, 7) is 2.23. The van der Waals surface area contributed by atoms with Crippen molar-refractivity contribution in [1.82, 2.24) is 10.6 Å². The van der Waals surface area contributed by atoms with E-state index in [2.05, 4.69) is 10.6 Å². The Morgan fingerprint density at radius 1 is 1.35 bits per heavy atom. The first kappa shape index (κ1) is 18.0. The molecule has 1 atom stereocenters. The molecule has 0 saturated heterocycles. The summed E-state index contributed by atoms with van der Waals surface area (Å²) in [7, 11) is 1.54. The Hall–Kier alpha value is -1.34. The summed E-state index contributed by atoms with van der Waals surface area (Å²) < 4.78 is 10.1. The van der Waals surface area contributed by atoms with Crippen molar-refractivity contribution in [1.29, 1.82) is 0 Å². The molecule has 1 aromatic rings. The van der Waals surface area contributed by atoms with Gasteiger partial charge in [-0.05, 0) is 30.8 Å². The third-order valence-electron chi connectivity index (χ3n) is 3.30. The van der Waals surface area contributed by atoms with Crippen LogP contribution < -0.4 is 10.6 Å². The molecule has 0 spiro atoms. The van der Waals surface area contributed by atoms with Crippen LogP contribution in [0.4, 0.5) is 0 Å². The first-order valence-corrected chi connectivity index (χ1v) is 8.00. The van der Waals surface area contributed by atoms with Crippen LogP contribution in [-0.2, 0) is 14.3 Å². The molecule has 0 saturated carbocycles. The lowest BCUT2D eigenvalue weighted by Gasteiger charge is -2.30. The van der Waals surface area contributed by atoms with E-state index in [-0.39, 0.29) is 6.61 Å². The fourth-order valence-electron chi connectivity index (χ4n) is 2.24. The van der Waals surface area contributed by atoms with E-state index in [4.69, 9.17) is 44.9 Å². The Morgan fingerprint density at radius 3 is 2.78 bits per heavy atom. The SMILES string of the molecule is COCCOC(=O)C1=C(C)NC(=S)NC1c1cccc(Cl)c1Cl. The monoisotopic (exact) mass is 374 g/mol. The molecule has 1 aliphatic heterocycles. The molecule has 1 aliphatic rings. The van der Waals surface area contributed by atoms with E-state index in [0.717, 1.165) is 0 Å². The standard InChI is InChI=1S/C15H16Cl2N2O3S/c1-8-11(14(20)22-7-6-21-2)13(19-15(23)18-8)9-4-3-5-10(16)12(9)17/h3-5,13H,6-7H2,1-2H3,(H2,18,19,23). The molecule has 2 rings (SSSR count). The van der Waals surface area contributed by atoms with Crippen molar-refractivity contribution in [3.05, 3.63) is 45.1 Å². The first-order valence-electron chi connectivity index (χ1n) is 6.84. The van der Waals surface area contributed by atoms with Crippen LogP contribution in [0.15, 0.2) is 29.5 Å². The topological polar surface area (TPSA) is 59.6 Å². The number of carbonyl (C=O) groups is 1. The maximum Gasteiger partial charge on any atom is 0.338 e. The number of halogens is 2. The van der Waals surface area contributed by atoms with Crippen molar-refractivity contribution in [3.63, 3.8) is 0 Å². The fraction of sp³-hybridized carbons (Fsp3) is 0.333. The molecule has 0 radical (unpaired) electrons. The predicted molar refractivity (Wildman–Crippen MR) is 93.6 cm³/mol. The summed E-state index contributed by atoms with van der Waals surface area (Å²) in [6, 6.07) is 4.69. The van der Waals surface area contributed by atoms with Gasteiger partial charge in [0.25, 0.3) is 0 Å². The van der Waals surface area contributed by atoms with Crippen molar-refractivity contribution in [2.45, 2.75) is 13.0 Å². The molecule has 1 aromatic carbocycles. The number of carbonyl (C=O) groups excluding carboxylic acids is 1. The van der Waals surface area contributed by atoms with Gasteiger partial charge in [0.05, 0.1) is 28.3 Å². The number of benzene rings is 1. The van der Waals surface area contributed by atoms with Gasteiger partial charge in [-0.3, -0.25) is 0 Å². The minimum atomic E-state index is -0.537. The van der Waals surface area contributed by atoms with E-state index >= 15 is 0 Å². The molecule has 23 heavy (non-hydrogen) atoms. The summed E-state index contributed by atoms with van der Waals surface area (Å²) in [4.78, 5) is 12.4. The highest BCUT2D eigenvalue weighted by Crippen LogP contribution is 2.35. The van der Waals surface area contributed by atoms with Crippen LogP contribution in [0.25, 0.3) is 0 Å². The first-order chi connectivity index (χ1) is 11.0. The van der Waals surface area contributed by atoms with Crippen molar-refractivity contribution < 1.29 is 14.3 Å². The fourth-order valence-corrected chi connectivity index (χ4v) is 2.92. The average molecular weight is 375 g/mol. The van der Waals surface area contributed by atoms with Gasteiger partial charge in [-0.25, -0.2) is 4.79 Å². The van der Waals surface area contributed by atoms with Crippen molar-refractivity contribution >= 4 is 46.5 Å². The van der Waals surface area contributed by atoms with Gasteiger partial charge >= 0.3 is 5.97 Å². The van der Waals surface area contributed by atoms with E-state index in [1.807, 2.05) is 0 Å². The normalized spacial score (nSPS) is 17.6. The molecule has 2 N–H and O–H groups in total. The number of methoxy groups -OCH3 is 1. The second-order valence-electron chi connectivity index (χ2n) is 4.84. The van der Waals surface area contributed by atoms with Gasteiger partial charge in [0, 0.05) is 12.8 Å². The summed E-state index contributed by atoms with van der Waals surface area (Å²) in [5.74, 6) is -0.469. The second-order valence-corrected chi connectivity index (χ2v) is 6.04. The van der Waals surface area contributed by atoms with Gasteiger partial charge in [0.2, 0.25) is 0 Å². The van der Waals surface area contributed by atoms with Gasteiger partial charge < -0.3 is 20.1 Å². The quantitative estimate of drug-likeness (QED) is 0.469. The molecule has 0 fully saturated rings. The Morgan fingerprint density at radius 2 is 2.09 bits per heavy atom. The molecule has 0 amide bonds. The van der Waals surface area contributed by atoms with E-state index < -0.39 is 12.0 Å². The number of thiocarbonyl (C=S) groups is 1. The Balaban J connectivity index is 2.38. The molecule has 1 unspecified atom stereocenters. The zero-order valence-electron chi connectivity index (χ0n) is 12.6. The van der Waals surface area contributed by atoms with Crippen LogP contribution in [0.5, 0.6) is 0 Å².